The maximum Gasteiger partial charge on any atom is 0.255 e. The monoisotopic (exact) mass is 240 g/mol. The molecule has 0 aliphatic rings. The van der Waals surface area contributed by atoms with Gasteiger partial charge in [0.25, 0.3) is 5.56 Å². The van der Waals surface area contributed by atoms with E-state index in [0.29, 0.717) is 17.2 Å². The first-order valence-electron chi connectivity index (χ1n) is 5.68. The number of aromatic nitrogens is 4. The summed E-state index contributed by atoms with van der Waals surface area (Å²) < 4.78 is 1.68. The van der Waals surface area contributed by atoms with Crippen LogP contribution in [0.15, 0.2) is 35.1 Å². The molecule has 18 heavy (non-hydrogen) atoms. The highest BCUT2D eigenvalue weighted by Crippen LogP contribution is 2.20. The van der Waals surface area contributed by atoms with Crippen molar-refractivity contribution in [3.63, 3.8) is 0 Å². The minimum atomic E-state index is -0.131. The minimum absolute atomic E-state index is 0.131. The smallest absolute Gasteiger partial charge is 0.255 e. The van der Waals surface area contributed by atoms with Crippen molar-refractivity contribution >= 4 is 5.78 Å². The highest BCUT2D eigenvalue weighted by molar-refractivity contribution is 5.64. The first kappa shape index (κ1) is 10.7. The fourth-order valence-electron chi connectivity index (χ4n) is 2.05. The van der Waals surface area contributed by atoms with Crippen molar-refractivity contribution in [2.75, 3.05) is 0 Å². The number of nitrogens with zero attached hydrogens (tertiary/aromatic N) is 3. The summed E-state index contributed by atoms with van der Waals surface area (Å²) in [6.07, 6.45) is 0. The SMILES string of the molecule is Cc1nc2[nH]c(=O)c(C)c(-c3ccccc3)n2n1. The van der Waals surface area contributed by atoms with Crippen molar-refractivity contribution in [3.05, 3.63) is 52.1 Å². The van der Waals surface area contributed by atoms with Gasteiger partial charge in [0.05, 0.1) is 5.69 Å². The molecule has 0 aliphatic heterocycles. The second-order valence-corrected chi connectivity index (χ2v) is 4.19. The molecule has 0 aliphatic carbocycles. The van der Waals surface area contributed by atoms with Crippen LogP contribution < -0.4 is 5.56 Å². The molecule has 0 radical (unpaired) electrons. The van der Waals surface area contributed by atoms with Crippen molar-refractivity contribution in [1.82, 2.24) is 19.6 Å². The molecule has 0 fully saturated rings. The highest BCUT2D eigenvalue weighted by Gasteiger charge is 2.13. The fraction of sp³-hybridized carbons (Fsp3) is 0.154. The number of H-pyrrole nitrogens is 1. The lowest BCUT2D eigenvalue weighted by molar-refractivity contribution is 0.907. The molecule has 5 heteroatoms. The molecule has 3 rings (SSSR count). The number of rotatable bonds is 1. The molecule has 1 N–H and O–H groups in total. The average molecular weight is 240 g/mol. The maximum atomic E-state index is 11.9. The van der Waals surface area contributed by atoms with Crippen LogP contribution in [0.25, 0.3) is 17.0 Å². The molecular weight excluding hydrogens is 228 g/mol. The Labute approximate surface area is 103 Å². The van der Waals surface area contributed by atoms with Crippen molar-refractivity contribution in [2.45, 2.75) is 13.8 Å². The summed E-state index contributed by atoms with van der Waals surface area (Å²) in [4.78, 5) is 18.8. The summed E-state index contributed by atoms with van der Waals surface area (Å²) in [5.74, 6) is 1.11. The first-order valence-corrected chi connectivity index (χ1v) is 5.68. The summed E-state index contributed by atoms with van der Waals surface area (Å²) in [6, 6.07) is 9.73. The number of aryl methyl sites for hydroxylation is 1. The van der Waals surface area contributed by atoms with Gasteiger partial charge in [-0.25, -0.2) is 0 Å². The minimum Gasteiger partial charge on any atom is -0.290 e. The van der Waals surface area contributed by atoms with Crippen LogP contribution >= 0.6 is 0 Å². The number of hydrogen-bond donors (Lipinski definition) is 1. The summed E-state index contributed by atoms with van der Waals surface area (Å²) in [7, 11) is 0. The van der Waals surface area contributed by atoms with Crippen LogP contribution in [0.2, 0.25) is 0 Å². The molecular formula is C13H12N4O. The number of benzene rings is 1. The number of hydrogen-bond acceptors (Lipinski definition) is 3. The van der Waals surface area contributed by atoms with E-state index < -0.39 is 0 Å². The van der Waals surface area contributed by atoms with E-state index in [4.69, 9.17) is 0 Å². The number of fused-ring (bicyclic) bond motifs is 1. The van der Waals surface area contributed by atoms with Crippen LogP contribution in [-0.4, -0.2) is 19.6 Å². The Morgan fingerprint density at radius 1 is 1.17 bits per heavy atom. The standard InChI is InChI=1S/C13H12N4O/c1-8-11(10-6-4-3-5-7-10)17-13(15-12(8)18)14-9(2)16-17/h3-7H,1-2H3,(H,14,15,16,18). The first-order chi connectivity index (χ1) is 8.66. The Kier molecular flexibility index (Phi) is 2.26. The quantitative estimate of drug-likeness (QED) is 0.704. The zero-order chi connectivity index (χ0) is 12.7. The summed E-state index contributed by atoms with van der Waals surface area (Å²) in [5, 5.41) is 4.33. The van der Waals surface area contributed by atoms with E-state index in [-0.39, 0.29) is 5.56 Å². The lowest BCUT2D eigenvalue weighted by Gasteiger charge is -2.06. The summed E-state index contributed by atoms with van der Waals surface area (Å²) in [5.41, 5.74) is 2.25. The van der Waals surface area contributed by atoms with Gasteiger partial charge in [-0.2, -0.15) is 9.50 Å². The maximum absolute atomic E-state index is 11.9. The van der Waals surface area contributed by atoms with Crippen LogP contribution in [0.5, 0.6) is 0 Å². The Morgan fingerprint density at radius 2 is 1.89 bits per heavy atom. The molecule has 0 saturated carbocycles. The zero-order valence-corrected chi connectivity index (χ0v) is 10.1. The molecule has 0 atom stereocenters. The van der Waals surface area contributed by atoms with Crippen LogP contribution in [0.3, 0.4) is 0 Å². The van der Waals surface area contributed by atoms with Gasteiger partial charge in [0.1, 0.15) is 5.82 Å². The second kappa shape index (κ2) is 3.80. The van der Waals surface area contributed by atoms with Crippen molar-refractivity contribution in [2.24, 2.45) is 0 Å². The summed E-state index contributed by atoms with van der Waals surface area (Å²) >= 11 is 0. The number of aromatic amines is 1. The van der Waals surface area contributed by atoms with Gasteiger partial charge >= 0.3 is 0 Å². The van der Waals surface area contributed by atoms with Gasteiger partial charge < -0.3 is 0 Å². The molecule has 0 unspecified atom stereocenters. The van der Waals surface area contributed by atoms with Gasteiger partial charge in [-0.3, -0.25) is 9.78 Å². The predicted molar refractivity (Wildman–Crippen MR) is 68.5 cm³/mol. The third-order valence-electron chi connectivity index (χ3n) is 2.89. The van der Waals surface area contributed by atoms with E-state index in [1.807, 2.05) is 30.3 Å². The van der Waals surface area contributed by atoms with E-state index in [2.05, 4.69) is 15.1 Å². The summed E-state index contributed by atoms with van der Waals surface area (Å²) in [6.45, 7) is 3.59. The average Bonchev–Trinajstić information content (AvgIpc) is 2.71. The van der Waals surface area contributed by atoms with E-state index in [0.717, 1.165) is 11.3 Å². The molecule has 1 aromatic carbocycles. The van der Waals surface area contributed by atoms with Gasteiger partial charge in [-0.05, 0) is 13.8 Å². The van der Waals surface area contributed by atoms with Crippen LogP contribution in [0.1, 0.15) is 11.4 Å². The number of nitrogens with one attached hydrogen (secondary N) is 1. The molecule has 0 amide bonds. The largest absolute Gasteiger partial charge is 0.290 e. The molecule has 0 saturated heterocycles. The van der Waals surface area contributed by atoms with Crippen LogP contribution in [-0.2, 0) is 0 Å². The van der Waals surface area contributed by atoms with Gasteiger partial charge in [-0.1, -0.05) is 30.3 Å². The highest BCUT2D eigenvalue weighted by atomic mass is 16.1. The third-order valence-corrected chi connectivity index (χ3v) is 2.89. The molecule has 90 valence electrons. The second-order valence-electron chi connectivity index (χ2n) is 4.19. The zero-order valence-electron chi connectivity index (χ0n) is 10.1. The molecule has 2 aromatic heterocycles. The van der Waals surface area contributed by atoms with Crippen molar-refractivity contribution in [1.29, 1.82) is 0 Å². The van der Waals surface area contributed by atoms with E-state index in [1.165, 1.54) is 0 Å². The van der Waals surface area contributed by atoms with Gasteiger partial charge in [0, 0.05) is 11.1 Å². The fourth-order valence-corrected chi connectivity index (χ4v) is 2.05. The van der Waals surface area contributed by atoms with E-state index >= 15 is 0 Å². The van der Waals surface area contributed by atoms with Gasteiger partial charge in [0.15, 0.2) is 0 Å². The lowest BCUT2D eigenvalue weighted by Crippen LogP contribution is -2.15. The van der Waals surface area contributed by atoms with E-state index in [1.54, 1.807) is 18.4 Å². The third kappa shape index (κ3) is 1.52. The molecule has 2 heterocycles. The Bertz CT molecular complexity index is 771. The normalized spacial score (nSPS) is 11.0. The van der Waals surface area contributed by atoms with E-state index in [9.17, 15) is 4.79 Å². The van der Waals surface area contributed by atoms with Gasteiger partial charge in [-0.15, -0.1) is 5.10 Å². The van der Waals surface area contributed by atoms with Crippen LogP contribution in [0, 0.1) is 13.8 Å². The van der Waals surface area contributed by atoms with Crippen LogP contribution in [0.4, 0.5) is 0 Å². The Balaban J connectivity index is 2.46. The topological polar surface area (TPSA) is 63.0 Å². The molecule has 0 spiro atoms. The Hall–Kier alpha value is -2.43. The van der Waals surface area contributed by atoms with Crippen molar-refractivity contribution in [3.8, 4) is 11.3 Å². The molecule has 5 nitrogen and oxygen atoms in total. The lowest BCUT2D eigenvalue weighted by atomic mass is 10.1. The Morgan fingerprint density at radius 3 is 2.61 bits per heavy atom. The molecule has 3 aromatic rings. The van der Waals surface area contributed by atoms with Crippen molar-refractivity contribution < 1.29 is 0 Å². The predicted octanol–water partition coefficient (Wildman–Crippen LogP) is 1.70. The van der Waals surface area contributed by atoms with Gasteiger partial charge in [0.2, 0.25) is 5.78 Å². The molecule has 0 bridgehead atoms.